The van der Waals surface area contributed by atoms with E-state index in [9.17, 15) is 0 Å². The van der Waals surface area contributed by atoms with Crippen molar-refractivity contribution < 1.29 is 9.26 Å². The standard InChI is InChI=1S/C20H30N6O2/c1-15-24-19(28-25-15)9-10-22-20(21-2)23-14-18(26-11-4-5-12-26)16-7-6-8-17(13-16)27-3/h6-8,13,18H,4-5,9-12,14H2,1-3H3,(H2,21,22,23). The van der Waals surface area contributed by atoms with E-state index in [2.05, 4.69) is 48.9 Å². The Bertz CT molecular complexity index is 770. The van der Waals surface area contributed by atoms with Crippen LogP contribution in [0.25, 0.3) is 0 Å². The fourth-order valence-corrected chi connectivity index (χ4v) is 3.50. The van der Waals surface area contributed by atoms with Crippen molar-refractivity contribution in [3.05, 3.63) is 41.5 Å². The number of benzene rings is 1. The smallest absolute Gasteiger partial charge is 0.228 e. The highest BCUT2D eigenvalue weighted by molar-refractivity contribution is 5.79. The Balaban J connectivity index is 1.58. The molecule has 2 heterocycles. The summed E-state index contributed by atoms with van der Waals surface area (Å²) < 4.78 is 10.6. The van der Waals surface area contributed by atoms with E-state index in [1.54, 1.807) is 14.2 Å². The third-order valence-corrected chi connectivity index (χ3v) is 4.95. The van der Waals surface area contributed by atoms with Crippen LogP contribution in [0.5, 0.6) is 5.75 Å². The predicted octanol–water partition coefficient (Wildman–Crippen LogP) is 1.93. The average molecular weight is 387 g/mol. The minimum Gasteiger partial charge on any atom is -0.497 e. The number of nitrogens with zero attached hydrogens (tertiary/aromatic N) is 4. The number of likely N-dealkylation sites (tertiary alicyclic amines) is 1. The van der Waals surface area contributed by atoms with Gasteiger partial charge in [0, 0.05) is 26.6 Å². The zero-order valence-corrected chi connectivity index (χ0v) is 16.9. The fraction of sp³-hybridized carbons (Fsp3) is 0.550. The van der Waals surface area contributed by atoms with Crippen LogP contribution >= 0.6 is 0 Å². The van der Waals surface area contributed by atoms with E-state index in [4.69, 9.17) is 9.26 Å². The molecule has 0 amide bonds. The topological polar surface area (TPSA) is 87.8 Å². The molecule has 1 aromatic heterocycles. The molecule has 8 nitrogen and oxygen atoms in total. The number of ether oxygens (including phenoxy) is 1. The molecule has 152 valence electrons. The summed E-state index contributed by atoms with van der Waals surface area (Å²) in [5, 5.41) is 10.6. The molecule has 1 fully saturated rings. The van der Waals surface area contributed by atoms with Crippen molar-refractivity contribution >= 4 is 5.96 Å². The van der Waals surface area contributed by atoms with E-state index in [1.165, 1.54) is 18.4 Å². The van der Waals surface area contributed by atoms with Crippen LogP contribution in [0.4, 0.5) is 0 Å². The Morgan fingerprint density at radius 2 is 2.14 bits per heavy atom. The van der Waals surface area contributed by atoms with Crippen molar-refractivity contribution in [1.82, 2.24) is 25.7 Å². The van der Waals surface area contributed by atoms with Crippen LogP contribution in [0.2, 0.25) is 0 Å². The monoisotopic (exact) mass is 386 g/mol. The van der Waals surface area contributed by atoms with Crippen LogP contribution in [-0.4, -0.2) is 61.3 Å². The lowest BCUT2D eigenvalue weighted by Gasteiger charge is -2.29. The molecular weight excluding hydrogens is 356 g/mol. The number of methoxy groups -OCH3 is 1. The summed E-state index contributed by atoms with van der Waals surface area (Å²) >= 11 is 0. The van der Waals surface area contributed by atoms with E-state index in [0.29, 0.717) is 24.7 Å². The Hall–Kier alpha value is -2.61. The van der Waals surface area contributed by atoms with Gasteiger partial charge in [-0.2, -0.15) is 4.98 Å². The van der Waals surface area contributed by atoms with Crippen LogP contribution in [0.3, 0.4) is 0 Å². The minimum absolute atomic E-state index is 0.273. The van der Waals surface area contributed by atoms with Crippen molar-refractivity contribution in [2.24, 2.45) is 4.99 Å². The summed E-state index contributed by atoms with van der Waals surface area (Å²) in [5.41, 5.74) is 1.26. The molecule has 0 radical (unpaired) electrons. The van der Waals surface area contributed by atoms with Gasteiger partial charge in [0.15, 0.2) is 11.8 Å². The molecule has 2 aromatic rings. The second-order valence-corrected chi connectivity index (χ2v) is 6.90. The Morgan fingerprint density at radius 1 is 1.32 bits per heavy atom. The zero-order valence-electron chi connectivity index (χ0n) is 16.9. The molecule has 3 rings (SSSR count). The zero-order chi connectivity index (χ0) is 19.8. The first-order valence-corrected chi connectivity index (χ1v) is 9.81. The predicted molar refractivity (Wildman–Crippen MR) is 109 cm³/mol. The lowest BCUT2D eigenvalue weighted by molar-refractivity contribution is 0.245. The molecule has 1 aromatic carbocycles. The van der Waals surface area contributed by atoms with Gasteiger partial charge in [-0.15, -0.1) is 0 Å². The third-order valence-electron chi connectivity index (χ3n) is 4.95. The van der Waals surface area contributed by atoms with Gasteiger partial charge in [0.2, 0.25) is 5.89 Å². The summed E-state index contributed by atoms with van der Waals surface area (Å²) in [7, 11) is 3.49. The quantitative estimate of drug-likeness (QED) is 0.529. The normalized spacial score (nSPS) is 16.2. The molecule has 2 N–H and O–H groups in total. The van der Waals surface area contributed by atoms with Crippen LogP contribution in [-0.2, 0) is 6.42 Å². The highest BCUT2D eigenvalue weighted by atomic mass is 16.5. The molecule has 1 aliphatic heterocycles. The van der Waals surface area contributed by atoms with Gasteiger partial charge in [0.05, 0.1) is 13.2 Å². The number of aliphatic imine (C=N–C) groups is 1. The Morgan fingerprint density at radius 3 is 2.82 bits per heavy atom. The summed E-state index contributed by atoms with van der Waals surface area (Å²) in [5.74, 6) is 2.94. The molecule has 1 aliphatic rings. The van der Waals surface area contributed by atoms with Crippen LogP contribution in [0, 0.1) is 6.92 Å². The highest BCUT2D eigenvalue weighted by Crippen LogP contribution is 2.27. The second kappa shape index (κ2) is 10.1. The van der Waals surface area contributed by atoms with Gasteiger partial charge in [-0.3, -0.25) is 9.89 Å². The minimum atomic E-state index is 0.273. The van der Waals surface area contributed by atoms with Crippen molar-refractivity contribution in [3.8, 4) is 5.75 Å². The van der Waals surface area contributed by atoms with Crippen molar-refractivity contribution in [2.45, 2.75) is 32.2 Å². The molecule has 28 heavy (non-hydrogen) atoms. The summed E-state index contributed by atoms with van der Waals surface area (Å²) in [6, 6.07) is 8.60. The van der Waals surface area contributed by atoms with E-state index < -0.39 is 0 Å². The molecule has 1 unspecified atom stereocenters. The molecule has 0 saturated carbocycles. The highest BCUT2D eigenvalue weighted by Gasteiger charge is 2.24. The fourth-order valence-electron chi connectivity index (χ4n) is 3.50. The largest absolute Gasteiger partial charge is 0.497 e. The van der Waals surface area contributed by atoms with Crippen molar-refractivity contribution in [2.75, 3.05) is 40.3 Å². The molecule has 1 atom stereocenters. The lowest BCUT2D eigenvalue weighted by Crippen LogP contribution is -2.43. The first-order chi connectivity index (χ1) is 13.7. The maximum absolute atomic E-state index is 5.42. The van der Waals surface area contributed by atoms with Gasteiger partial charge < -0.3 is 19.9 Å². The average Bonchev–Trinajstić information content (AvgIpc) is 3.39. The SMILES string of the molecule is CN=C(NCCc1nc(C)no1)NCC(c1cccc(OC)c1)N1CCCC1. The van der Waals surface area contributed by atoms with Crippen molar-refractivity contribution in [1.29, 1.82) is 0 Å². The van der Waals surface area contributed by atoms with Crippen LogP contribution < -0.4 is 15.4 Å². The Labute approximate surface area is 166 Å². The molecule has 0 aliphatic carbocycles. The first kappa shape index (κ1) is 20.1. The van der Waals surface area contributed by atoms with Gasteiger partial charge >= 0.3 is 0 Å². The van der Waals surface area contributed by atoms with Gasteiger partial charge in [-0.05, 0) is 50.6 Å². The number of aromatic nitrogens is 2. The van der Waals surface area contributed by atoms with E-state index in [0.717, 1.165) is 31.3 Å². The van der Waals surface area contributed by atoms with Crippen LogP contribution in [0.15, 0.2) is 33.8 Å². The number of guanidine groups is 1. The maximum Gasteiger partial charge on any atom is 0.228 e. The summed E-state index contributed by atoms with van der Waals surface area (Å²) in [6.07, 6.45) is 3.15. The van der Waals surface area contributed by atoms with E-state index in [1.807, 2.05) is 13.0 Å². The van der Waals surface area contributed by atoms with Gasteiger partial charge in [0.25, 0.3) is 0 Å². The lowest BCUT2D eigenvalue weighted by atomic mass is 10.1. The molecule has 1 saturated heterocycles. The number of nitrogens with one attached hydrogen (secondary N) is 2. The molecule has 8 heteroatoms. The summed E-state index contributed by atoms with van der Waals surface area (Å²) in [6.45, 7) is 5.50. The first-order valence-electron chi connectivity index (χ1n) is 9.81. The van der Waals surface area contributed by atoms with E-state index >= 15 is 0 Å². The van der Waals surface area contributed by atoms with Crippen molar-refractivity contribution in [3.63, 3.8) is 0 Å². The number of rotatable bonds is 8. The second-order valence-electron chi connectivity index (χ2n) is 6.90. The van der Waals surface area contributed by atoms with Gasteiger partial charge in [-0.25, -0.2) is 0 Å². The Kier molecular flexibility index (Phi) is 7.25. The van der Waals surface area contributed by atoms with Gasteiger partial charge in [-0.1, -0.05) is 17.3 Å². The third kappa shape index (κ3) is 5.45. The van der Waals surface area contributed by atoms with Gasteiger partial charge in [0.1, 0.15) is 5.75 Å². The number of hydrogen-bond donors (Lipinski definition) is 2. The van der Waals surface area contributed by atoms with E-state index in [-0.39, 0.29) is 6.04 Å². The van der Waals surface area contributed by atoms with Crippen LogP contribution in [0.1, 0.15) is 36.2 Å². The summed E-state index contributed by atoms with van der Waals surface area (Å²) in [4.78, 5) is 11.1. The molecule has 0 bridgehead atoms. The number of aryl methyl sites for hydroxylation is 1. The maximum atomic E-state index is 5.42. The molecular formula is C20H30N6O2. The number of hydrogen-bond acceptors (Lipinski definition) is 6. The molecule has 0 spiro atoms.